The maximum absolute atomic E-state index is 11.5. The number of carbonyl (C=O) groups is 1. The van der Waals surface area contributed by atoms with Gasteiger partial charge >= 0.3 is 6.18 Å². The van der Waals surface area contributed by atoms with Crippen LogP contribution in [0.3, 0.4) is 0 Å². The molecule has 12 heavy (non-hydrogen) atoms. The van der Waals surface area contributed by atoms with Crippen LogP contribution in [-0.4, -0.2) is 44.2 Å². The van der Waals surface area contributed by atoms with Crippen LogP contribution in [0.25, 0.3) is 0 Å². The smallest absolute Gasteiger partial charge is 0.348 e. The highest BCUT2D eigenvalue weighted by Crippen LogP contribution is 2.11. The third-order valence-corrected chi connectivity index (χ3v) is 1.10. The van der Waals surface area contributed by atoms with E-state index in [0.29, 0.717) is 0 Å². The summed E-state index contributed by atoms with van der Waals surface area (Å²) in [7, 11) is 2.97. The molecule has 0 aliphatic rings. The van der Waals surface area contributed by atoms with Crippen molar-refractivity contribution < 1.29 is 18.0 Å². The normalized spacial score (nSPS) is 11.4. The first-order valence-electron chi connectivity index (χ1n) is 3.30. The number of hydrogen-bond acceptors (Lipinski definition) is 2. The van der Waals surface area contributed by atoms with E-state index in [9.17, 15) is 18.0 Å². The van der Waals surface area contributed by atoms with Crippen molar-refractivity contribution in [2.75, 3.05) is 27.2 Å². The van der Waals surface area contributed by atoms with Gasteiger partial charge in [-0.05, 0) is 0 Å². The van der Waals surface area contributed by atoms with Gasteiger partial charge in [-0.25, -0.2) is 0 Å². The van der Waals surface area contributed by atoms with Gasteiger partial charge in [-0.15, -0.1) is 0 Å². The number of carbonyl (C=O) groups excluding carboxylic acids is 1. The van der Waals surface area contributed by atoms with E-state index < -0.39 is 12.7 Å². The van der Waals surface area contributed by atoms with Crippen molar-refractivity contribution in [1.82, 2.24) is 10.2 Å². The highest BCUT2D eigenvalue weighted by molar-refractivity contribution is 5.77. The molecule has 1 N–H and O–H groups in total. The Labute approximate surface area is 68.5 Å². The molecule has 0 saturated heterocycles. The molecule has 3 nitrogen and oxygen atoms in total. The van der Waals surface area contributed by atoms with Crippen LogP contribution in [0, 0.1) is 0 Å². The number of likely N-dealkylation sites (N-methyl/N-ethyl adjacent to an activating group) is 1. The van der Waals surface area contributed by atoms with Crippen molar-refractivity contribution in [2.45, 2.75) is 6.18 Å². The minimum atomic E-state index is -4.26. The van der Waals surface area contributed by atoms with Gasteiger partial charge in [0, 0.05) is 14.1 Å². The first kappa shape index (κ1) is 11.2. The second-order valence-corrected chi connectivity index (χ2v) is 2.51. The predicted molar refractivity (Wildman–Crippen MR) is 37.6 cm³/mol. The van der Waals surface area contributed by atoms with Crippen molar-refractivity contribution in [2.24, 2.45) is 0 Å². The molecule has 0 bridgehead atoms. The summed E-state index contributed by atoms with van der Waals surface area (Å²) < 4.78 is 34.6. The molecule has 0 aromatic heterocycles. The van der Waals surface area contributed by atoms with E-state index in [0.717, 1.165) is 0 Å². The van der Waals surface area contributed by atoms with Crippen molar-refractivity contribution in [3.8, 4) is 0 Å². The second-order valence-electron chi connectivity index (χ2n) is 2.51. The van der Waals surface area contributed by atoms with Gasteiger partial charge in [0.05, 0.1) is 13.1 Å². The van der Waals surface area contributed by atoms with Gasteiger partial charge in [-0.1, -0.05) is 0 Å². The number of halogens is 3. The van der Waals surface area contributed by atoms with Crippen LogP contribution in [0.1, 0.15) is 0 Å². The molecule has 0 radical (unpaired) electrons. The highest BCUT2D eigenvalue weighted by atomic mass is 19.4. The Balaban J connectivity index is 3.51. The van der Waals surface area contributed by atoms with Crippen LogP contribution in [0.4, 0.5) is 13.2 Å². The van der Waals surface area contributed by atoms with E-state index in [4.69, 9.17) is 0 Å². The molecule has 0 saturated carbocycles. The topological polar surface area (TPSA) is 32.3 Å². The Morgan fingerprint density at radius 3 is 2.25 bits per heavy atom. The molecule has 0 spiro atoms. The Hall–Kier alpha value is -0.780. The van der Waals surface area contributed by atoms with Gasteiger partial charge in [0.2, 0.25) is 5.91 Å². The molecule has 0 unspecified atom stereocenters. The van der Waals surface area contributed by atoms with Crippen molar-refractivity contribution in [3.63, 3.8) is 0 Å². The SMILES string of the molecule is CN(C)C(=O)CNCC(F)(F)F. The highest BCUT2D eigenvalue weighted by Gasteiger charge is 2.26. The van der Waals surface area contributed by atoms with Gasteiger partial charge in [-0.2, -0.15) is 13.2 Å². The van der Waals surface area contributed by atoms with Crippen molar-refractivity contribution in [1.29, 1.82) is 0 Å². The minimum absolute atomic E-state index is 0.285. The quantitative estimate of drug-likeness (QED) is 0.680. The average molecular weight is 184 g/mol. The molecule has 0 aromatic rings. The largest absolute Gasteiger partial charge is 0.401 e. The van der Waals surface area contributed by atoms with E-state index in [2.05, 4.69) is 0 Å². The van der Waals surface area contributed by atoms with Crippen LogP contribution in [0.15, 0.2) is 0 Å². The van der Waals surface area contributed by atoms with E-state index in [1.165, 1.54) is 19.0 Å². The monoisotopic (exact) mass is 184 g/mol. The Kier molecular flexibility index (Phi) is 4.02. The lowest BCUT2D eigenvalue weighted by Crippen LogP contribution is -2.37. The van der Waals surface area contributed by atoms with E-state index in [1.54, 1.807) is 0 Å². The maximum atomic E-state index is 11.5. The number of nitrogens with zero attached hydrogens (tertiary/aromatic N) is 1. The lowest BCUT2D eigenvalue weighted by Gasteiger charge is -2.11. The first-order chi connectivity index (χ1) is 5.33. The standard InChI is InChI=1S/C6H11F3N2O/c1-11(2)5(12)3-10-4-6(7,8)9/h10H,3-4H2,1-2H3. The number of rotatable bonds is 3. The fraction of sp³-hybridized carbons (Fsp3) is 0.833. The number of nitrogens with one attached hydrogen (secondary N) is 1. The molecule has 6 heteroatoms. The average Bonchev–Trinajstić information content (AvgIpc) is 1.84. The second kappa shape index (κ2) is 4.30. The number of hydrogen-bond donors (Lipinski definition) is 1. The predicted octanol–water partition coefficient (Wildman–Crippen LogP) is 0.226. The van der Waals surface area contributed by atoms with Crippen LogP contribution >= 0.6 is 0 Å². The zero-order chi connectivity index (χ0) is 9.78. The molecule has 0 rings (SSSR count). The lowest BCUT2D eigenvalue weighted by atomic mass is 10.5. The summed E-state index contributed by atoms with van der Waals surface area (Å²) in [5.74, 6) is -0.376. The zero-order valence-corrected chi connectivity index (χ0v) is 6.90. The molecule has 0 aliphatic heterocycles. The van der Waals surface area contributed by atoms with E-state index in [-0.39, 0.29) is 12.5 Å². The summed E-state index contributed by atoms with van der Waals surface area (Å²) in [4.78, 5) is 12.0. The van der Waals surface area contributed by atoms with Crippen LogP contribution in [0.2, 0.25) is 0 Å². The Bertz CT molecular complexity index is 155. The van der Waals surface area contributed by atoms with Crippen LogP contribution in [0.5, 0.6) is 0 Å². The summed E-state index contributed by atoms with van der Waals surface area (Å²) >= 11 is 0. The molecule has 0 fully saturated rings. The fourth-order valence-electron chi connectivity index (χ4n) is 0.469. The Morgan fingerprint density at radius 1 is 1.42 bits per heavy atom. The number of alkyl halides is 3. The molecular formula is C6H11F3N2O. The van der Waals surface area contributed by atoms with Gasteiger partial charge in [0.25, 0.3) is 0 Å². The van der Waals surface area contributed by atoms with E-state index in [1.807, 2.05) is 5.32 Å². The molecule has 72 valence electrons. The van der Waals surface area contributed by atoms with Gasteiger partial charge in [-0.3, -0.25) is 4.79 Å². The first-order valence-corrected chi connectivity index (χ1v) is 3.30. The Morgan fingerprint density at radius 2 is 1.92 bits per heavy atom. The third-order valence-electron chi connectivity index (χ3n) is 1.10. The van der Waals surface area contributed by atoms with Gasteiger partial charge in [0.1, 0.15) is 0 Å². The summed E-state index contributed by atoms with van der Waals surface area (Å²) in [6.07, 6.45) is -4.26. The molecule has 0 aliphatic carbocycles. The molecule has 1 amide bonds. The fourth-order valence-corrected chi connectivity index (χ4v) is 0.469. The van der Waals surface area contributed by atoms with Crippen LogP contribution in [-0.2, 0) is 4.79 Å². The van der Waals surface area contributed by atoms with Crippen molar-refractivity contribution in [3.05, 3.63) is 0 Å². The summed E-state index contributed by atoms with van der Waals surface area (Å²) in [6, 6.07) is 0. The maximum Gasteiger partial charge on any atom is 0.401 e. The lowest BCUT2D eigenvalue weighted by molar-refractivity contribution is -0.132. The van der Waals surface area contributed by atoms with Gasteiger partial charge in [0.15, 0.2) is 0 Å². The zero-order valence-electron chi connectivity index (χ0n) is 6.90. The van der Waals surface area contributed by atoms with Crippen molar-refractivity contribution >= 4 is 5.91 Å². The molecule has 0 heterocycles. The van der Waals surface area contributed by atoms with Crippen LogP contribution < -0.4 is 5.32 Å². The molecular weight excluding hydrogens is 173 g/mol. The summed E-state index contributed by atoms with van der Waals surface area (Å²) in [5.41, 5.74) is 0. The summed E-state index contributed by atoms with van der Waals surface area (Å²) in [5, 5.41) is 1.99. The summed E-state index contributed by atoms with van der Waals surface area (Å²) in [6.45, 7) is -1.42. The minimum Gasteiger partial charge on any atom is -0.348 e. The third kappa shape index (κ3) is 5.96. The van der Waals surface area contributed by atoms with E-state index >= 15 is 0 Å². The number of amides is 1. The van der Waals surface area contributed by atoms with Gasteiger partial charge < -0.3 is 10.2 Å². The molecule has 0 aromatic carbocycles. The molecule has 0 atom stereocenters.